The predicted octanol–water partition coefficient (Wildman–Crippen LogP) is 4.18. The molecule has 0 bridgehead atoms. The van der Waals surface area contributed by atoms with Crippen molar-refractivity contribution in [2.45, 2.75) is 45.6 Å². The molecule has 9 heteroatoms. The van der Waals surface area contributed by atoms with E-state index < -0.39 is 0 Å². The highest BCUT2D eigenvalue weighted by molar-refractivity contribution is 14.0. The van der Waals surface area contributed by atoms with Crippen molar-refractivity contribution in [1.29, 1.82) is 0 Å². The summed E-state index contributed by atoms with van der Waals surface area (Å²) in [5.74, 6) is 1.64. The molecule has 0 fully saturated rings. The molecule has 2 rings (SSSR count). The van der Waals surface area contributed by atoms with Crippen LogP contribution in [0.4, 0.5) is 4.39 Å². The van der Waals surface area contributed by atoms with E-state index in [2.05, 4.69) is 41.7 Å². The molecule has 0 radical (unpaired) electrons. The smallest absolute Gasteiger partial charge is 0.232 e. The number of halogens is 3. The maximum Gasteiger partial charge on any atom is 0.232 e. The van der Waals surface area contributed by atoms with Gasteiger partial charge in [0.05, 0.1) is 6.54 Å². The summed E-state index contributed by atoms with van der Waals surface area (Å²) in [5, 5.41) is 10.3. The summed E-state index contributed by atoms with van der Waals surface area (Å²) in [7, 11) is 1.69. The lowest BCUT2D eigenvalue weighted by atomic mass is 9.97. The molecule has 0 atom stereocenters. The van der Waals surface area contributed by atoms with Crippen molar-refractivity contribution >= 4 is 45.9 Å². The first-order chi connectivity index (χ1) is 12.3. The normalized spacial score (nSPS) is 11.9. The number of hydrogen-bond acceptors (Lipinski definition) is 4. The molecule has 0 saturated heterocycles. The van der Waals surface area contributed by atoms with Crippen LogP contribution in [0.1, 0.15) is 44.5 Å². The van der Waals surface area contributed by atoms with Crippen molar-refractivity contribution in [3.05, 3.63) is 45.8 Å². The molecule has 1 aromatic carbocycles. The van der Waals surface area contributed by atoms with Crippen LogP contribution in [0.5, 0.6) is 0 Å². The Morgan fingerprint density at radius 3 is 2.63 bits per heavy atom. The van der Waals surface area contributed by atoms with E-state index in [0.29, 0.717) is 42.7 Å². The fraction of sp³-hybridized carbons (Fsp3) is 0.500. The standard InChI is InChI=1S/C18H25BrFN5O.HI/c1-18(2,3)16-24-15(25-26-16)11-23-17(21-4)22-9-5-6-12-7-8-13(19)10-14(12)20;/h7-8,10H,5-6,9,11H2,1-4H3,(H2,21,22,23);1H. The molecule has 0 aliphatic carbocycles. The Hall–Kier alpha value is -1.23. The van der Waals surface area contributed by atoms with Crippen LogP contribution in [0.15, 0.2) is 32.2 Å². The largest absolute Gasteiger partial charge is 0.356 e. The van der Waals surface area contributed by atoms with Crippen LogP contribution in [-0.2, 0) is 18.4 Å². The lowest BCUT2D eigenvalue weighted by Gasteiger charge is -2.11. The van der Waals surface area contributed by atoms with E-state index in [0.717, 1.165) is 10.9 Å². The maximum absolute atomic E-state index is 13.8. The highest BCUT2D eigenvalue weighted by atomic mass is 127. The van der Waals surface area contributed by atoms with Gasteiger partial charge in [-0.05, 0) is 30.5 Å². The number of guanidine groups is 1. The third kappa shape index (κ3) is 7.73. The van der Waals surface area contributed by atoms with Gasteiger partial charge in [-0.3, -0.25) is 4.99 Å². The summed E-state index contributed by atoms with van der Waals surface area (Å²) in [6.45, 7) is 7.15. The first-order valence-corrected chi connectivity index (χ1v) is 9.30. The molecule has 2 aromatic rings. The Bertz CT molecular complexity index is 760. The lowest BCUT2D eigenvalue weighted by Crippen LogP contribution is -2.37. The number of nitrogens with zero attached hydrogens (tertiary/aromatic N) is 3. The van der Waals surface area contributed by atoms with Gasteiger partial charge in [0.2, 0.25) is 5.89 Å². The highest BCUT2D eigenvalue weighted by Gasteiger charge is 2.21. The Balaban J connectivity index is 0.00000364. The number of benzene rings is 1. The molecule has 2 N–H and O–H groups in total. The van der Waals surface area contributed by atoms with Gasteiger partial charge in [-0.25, -0.2) is 4.39 Å². The topological polar surface area (TPSA) is 75.3 Å². The minimum Gasteiger partial charge on any atom is -0.356 e. The van der Waals surface area contributed by atoms with Crippen LogP contribution >= 0.6 is 39.9 Å². The fourth-order valence-corrected chi connectivity index (χ4v) is 2.56. The van der Waals surface area contributed by atoms with Gasteiger partial charge in [-0.15, -0.1) is 24.0 Å². The molecular weight excluding hydrogens is 528 g/mol. The molecule has 0 saturated carbocycles. The summed E-state index contributed by atoms with van der Waals surface area (Å²) in [6.07, 6.45) is 1.44. The van der Waals surface area contributed by atoms with Crippen LogP contribution < -0.4 is 10.6 Å². The van der Waals surface area contributed by atoms with Gasteiger partial charge >= 0.3 is 0 Å². The van der Waals surface area contributed by atoms with Crippen molar-refractivity contribution in [1.82, 2.24) is 20.8 Å². The minimum atomic E-state index is -0.186. The van der Waals surface area contributed by atoms with Crippen LogP contribution in [0.3, 0.4) is 0 Å². The van der Waals surface area contributed by atoms with Crippen molar-refractivity contribution in [2.24, 2.45) is 4.99 Å². The van der Waals surface area contributed by atoms with Crippen molar-refractivity contribution in [3.63, 3.8) is 0 Å². The van der Waals surface area contributed by atoms with Gasteiger partial charge < -0.3 is 15.2 Å². The summed E-state index contributed by atoms with van der Waals surface area (Å²) in [6, 6.07) is 5.14. The average Bonchev–Trinajstić information content (AvgIpc) is 3.05. The van der Waals surface area contributed by atoms with E-state index in [1.807, 2.05) is 26.8 Å². The van der Waals surface area contributed by atoms with E-state index in [9.17, 15) is 4.39 Å². The van der Waals surface area contributed by atoms with E-state index in [-0.39, 0.29) is 35.2 Å². The Morgan fingerprint density at radius 1 is 1.30 bits per heavy atom. The number of aromatic nitrogens is 2. The summed E-state index contributed by atoms with van der Waals surface area (Å²) in [5.41, 5.74) is 0.535. The number of hydrogen-bond donors (Lipinski definition) is 2. The molecular formula is C18H26BrFIN5O. The minimum absolute atomic E-state index is 0. The first-order valence-electron chi connectivity index (χ1n) is 8.51. The van der Waals surface area contributed by atoms with Crippen LogP contribution in [0.25, 0.3) is 0 Å². The highest BCUT2D eigenvalue weighted by Crippen LogP contribution is 2.19. The number of nitrogens with one attached hydrogen (secondary N) is 2. The average molecular weight is 554 g/mol. The molecule has 27 heavy (non-hydrogen) atoms. The molecule has 0 amide bonds. The van der Waals surface area contributed by atoms with E-state index in [4.69, 9.17) is 4.52 Å². The molecule has 0 aliphatic heterocycles. The maximum atomic E-state index is 13.8. The predicted molar refractivity (Wildman–Crippen MR) is 119 cm³/mol. The second kappa shape index (κ2) is 10.9. The third-order valence-corrected chi connectivity index (χ3v) is 4.17. The third-order valence-electron chi connectivity index (χ3n) is 3.68. The molecule has 1 aromatic heterocycles. The summed E-state index contributed by atoms with van der Waals surface area (Å²) >= 11 is 3.26. The van der Waals surface area contributed by atoms with E-state index >= 15 is 0 Å². The number of aryl methyl sites for hydroxylation is 1. The molecule has 0 aliphatic rings. The summed E-state index contributed by atoms with van der Waals surface area (Å²) < 4.78 is 19.8. The second-order valence-corrected chi connectivity index (χ2v) is 7.87. The quantitative estimate of drug-likeness (QED) is 0.243. The van der Waals surface area contributed by atoms with E-state index in [1.54, 1.807) is 13.1 Å². The molecule has 6 nitrogen and oxygen atoms in total. The van der Waals surface area contributed by atoms with Crippen molar-refractivity contribution in [2.75, 3.05) is 13.6 Å². The number of aliphatic imine (C=N–C) groups is 1. The Morgan fingerprint density at radius 2 is 2.04 bits per heavy atom. The van der Waals surface area contributed by atoms with Crippen LogP contribution in [0, 0.1) is 5.82 Å². The second-order valence-electron chi connectivity index (χ2n) is 6.96. The zero-order valence-corrected chi connectivity index (χ0v) is 19.9. The van der Waals surface area contributed by atoms with Gasteiger partial charge in [-0.1, -0.05) is 47.9 Å². The van der Waals surface area contributed by atoms with Gasteiger partial charge in [0.1, 0.15) is 5.82 Å². The first kappa shape index (κ1) is 23.8. The number of rotatable bonds is 6. The van der Waals surface area contributed by atoms with E-state index in [1.165, 1.54) is 6.07 Å². The molecule has 0 unspecified atom stereocenters. The van der Waals surface area contributed by atoms with Crippen molar-refractivity contribution in [3.8, 4) is 0 Å². The SMILES string of the molecule is CN=C(NCCCc1ccc(Br)cc1F)NCc1noc(C(C)(C)C)n1.I. The fourth-order valence-electron chi connectivity index (χ4n) is 2.22. The Kier molecular flexibility index (Phi) is 9.65. The van der Waals surface area contributed by atoms with Crippen molar-refractivity contribution < 1.29 is 8.91 Å². The zero-order valence-electron chi connectivity index (χ0n) is 16.0. The summed E-state index contributed by atoms with van der Waals surface area (Å²) in [4.78, 5) is 8.53. The Labute approximate surface area is 184 Å². The molecule has 1 heterocycles. The van der Waals surface area contributed by atoms with Crippen LogP contribution in [0.2, 0.25) is 0 Å². The zero-order chi connectivity index (χ0) is 19.2. The van der Waals surface area contributed by atoms with Gasteiger partial charge in [0.25, 0.3) is 0 Å². The monoisotopic (exact) mass is 553 g/mol. The molecule has 0 spiro atoms. The lowest BCUT2D eigenvalue weighted by molar-refractivity contribution is 0.318. The van der Waals surface area contributed by atoms with Gasteiger partial charge in [0, 0.05) is 23.5 Å². The molecule has 150 valence electrons. The van der Waals surface area contributed by atoms with Gasteiger partial charge in [0.15, 0.2) is 11.8 Å². The van der Waals surface area contributed by atoms with Crippen LogP contribution in [-0.4, -0.2) is 29.7 Å². The van der Waals surface area contributed by atoms with Gasteiger partial charge in [-0.2, -0.15) is 4.98 Å².